The van der Waals surface area contributed by atoms with Crippen LogP contribution in [0.25, 0.3) is 0 Å². The zero-order valence-electron chi connectivity index (χ0n) is 10.6. The van der Waals surface area contributed by atoms with Crippen LogP contribution in [-0.4, -0.2) is 22.0 Å². The van der Waals surface area contributed by atoms with E-state index in [0.717, 1.165) is 0 Å². The molecular weight excluding hydrogens is 287 g/mol. The van der Waals surface area contributed by atoms with Crippen LogP contribution in [0.3, 0.4) is 0 Å². The molecule has 2 aromatic rings. The summed E-state index contributed by atoms with van der Waals surface area (Å²) < 4.78 is 6.91. The number of nitrogens with zero attached hydrogens (tertiary/aromatic N) is 2. The highest BCUT2D eigenvalue weighted by Crippen LogP contribution is 2.32. The van der Waals surface area contributed by atoms with Crippen LogP contribution in [0, 0.1) is 0 Å². The van der Waals surface area contributed by atoms with Gasteiger partial charge in [-0.15, -0.1) is 0 Å². The first-order chi connectivity index (χ1) is 9.08. The van der Waals surface area contributed by atoms with Crippen molar-refractivity contribution in [2.24, 2.45) is 0 Å². The van der Waals surface area contributed by atoms with Crippen LogP contribution in [-0.2, 0) is 6.54 Å². The molecule has 0 aliphatic carbocycles. The molecule has 1 aromatic carbocycles. The molecule has 0 amide bonds. The number of aromatic nitrogens is 2. The lowest BCUT2D eigenvalue weighted by molar-refractivity contribution is 0.202. The molecule has 1 N–H and O–H groups in total. The van der Waals surface area contributed by atoms with Crippen LogP contribution in [0.1, 0.15) is 24.3 Å². The average molecular weight is 301 g/mol. The SMILES string of the molecule is CCn1ncc(OC)c1C(O)c1ccc(Cl)c(Cl)c1. The normalized spacial score (nSPS) is 12.5. The Labute approximate surface area is 121 Å². The van der Waals surface area contributed by atoms with E-state index in [1.54, 1.807) is 36.2 Å². The fourth-order valence-electron chi connectivity index (χ4n) is 1.90. The van der Waals surface area contributed by atoms with Crippen LogP contribution < -0.4 is 4.74 Å². The highest BCUT2D eigenvalue weighted by Gasteiger charge is 2.21. The largest absolute Gasteiger partial charge is 0.493 e. The number of aryl methyl sites for hydroxylation is 1. The fourth-order valence-corrected chi connectivity index (χ4v) is 2.21. The molecule has 0 saturated carbocycles. The van der Waals surface area contributed by atoms with Gasteiger partial charge in [-0.2, -0.15) is 5.10 Å². The quantitative estimate of drug-likeness (QED) is 0.942. The maximum Gasteiger partial charge on any atom is 0.163 e. The van der Waals surface area contributed by atoms with Crippen molar-refractivity contribution in [2.45, 2.75) is 19.6 Å². The lowest BCUT2D eigenvalue weighted by atomic mass is 10.1. The van der Waals surface area contributed by atoms with Gasteiger partial charge in [0.15, 0.2) is 5.75 Å². The lowest BCUT2D eigenvalue weighted by Crippen LogP contribution is -2.10. The van der Waals surface area contributed by atoms with Gasteiger partial charge in [0.05, 0.1) is 23.4 Å². The van der Waals surface area contributed by atoms with Gasteiger partial charge in [-0.05, 0) is 24.6 Å². The molecule has 0 radical (unpaired) electrons. The van der Waals surface area contributed by atoms with E-state index in [4.69, 9.17) is 27.9 Å². The highest BCUT2D eigenvalue weighted by atomic mass is 35.5. The van der Waals surface area contributed by atoms with E-state index in [2.05, 4.69) is 5.10 Å². The van der Waals surface area contributed by atoms with Gasteiger partial charge in [0, 0.05) is 6.54 Å². The van der Waals surface area contributed by atoms with Gasteiger partial charge in [-0.25, -0.2) is 0 Å². The molecule has 6 heteroatoms. The Balaban J connectivity index is 2.45. The molecule has 1 heterocycles. The van der Waals surface area contributed by atoms with Crippen LogP contribution >= 0.6 is 23.2 Å². The van der Waals surface area contributed by atoms with Crippen molar-refractivity contribution in [2.75, 3.05) is 7.11 Å². The molecule has 0 aliphatic rings. The maximum absolute atomic E-state index is 10.5. The van der Waals surface area contributed by atoms with Crippen LogP contribution in [0.2, 0.25) is 10.0 Å². The molecule has 0 saturated heterocycles. The van der Waals surface area contributed by atoms with Gasteiger partial charge in [0.1, 0.15) is 11.8 Å². The predicted molar refractivity (Wildman–Crippen MR) is 75.0 cm³/mol. The van der Waals surface area contributed by atoms with Crippen molar-refractivity contribution in [3.05, 3.63) is 45.7 Å². The van der Waals surface area contributed by atoms with E-state index in [1.807, 2.05) is 6.92 Å². The van der Waals surface area contributed by atoms with Crippen LogP contribution in [0.15, 0.2) is 24.4 Å². The summed E-state index contributed by atoms with van der Waals surface area (Å²) in [6.07, 6.45) is 0.715. The van der Waals surface area contributed by atoms with Gasteiger partial charge in [0.25, 0.3) is 0 Å². The molecule has 1 atom stereocenters. The molecule has 0 bridgehead atoms. The molecule has 1 aromatic heterocycles. The number of benzene rings is 1. The fraction of sp³-hybridized carbons (Fsp3) is 0.308. The molecule has 2 rings (SSSR count). The Hall–Kier alpha value is -1.23. The second kappa shape index (κ2) is 5.82. The number of methoxy groups -OCH3 is 1. The number of aliphatic hydroxyl groups excluding tert-OH is 1. The molecule has 4 nitrogen and oxygen atoms in total. The van der Waals surface area contributed by atoms with Gasteiger partial charge >= 0.3 is 0 Å². The zero-order valence-corrected chi connectivity index (χ0v) is 12.1. The van der Waals surface area contributed by atoms with Crippen molar-refractivity contribution in [1.82, 2.24) is 9.78 Å². The third kappa shape index (κ3) is 2.71. The Morgan fingerprint density at radius 2 is 2.11 bits per heavy atom. The monoisotopic (exact) mass is 300 g/mol. The second-order valence-corrected chi connectivity index (χ2v) is 4.80. The minimum absolute atomic E-state index is 0.403. The standard InChI is InChI=1S/C13H14Cl2N2O2/c1-3-17-12(11(19-2)7-16-17)13(18)8-4-5-9(14)10(15)6-8/h4-7,13,18H,3H2,1-2H3. The molecule has 0 fully saturated rings. The van der Waals surface area contributed by atoms with Gasteiger partial charge < -0.3 is 9.84 Å². The Kier molecular flexibility index (Phi) is 4.34. The van der Waals surface area contributed by atoms with E-state index >= 15 is 0 Å². The first-order valence-electron chi connectivity index (χ1n) is 5.81. The van der Waals surface area contributed by atoms with Crippen molar-refractivity contribution in [3.8, 4) is 5.75 Å². The Bertz CT molecular complexity index is 563. The van der Waals surface area contributed by atoms with Gasteiger partial charge in [-0.1, -0.05) is 29.3 Å². The van der Waals surface area contributed by atoms with E-state index in [1.165, 1.54) is 0 Å². The predicted octanol–water partition coefficient (Wildman–Crippen LogP) is 3.30. The molecule has 1 unspecified atom stereocenters. The summed E-state index contributed by atoms with van der Waals surface area (Å²) in [6, 6.07) is 5.02. The average Bonchev–Trinajstić information content (AvgIpc) is 2.83. The Morgan fingerprint density at radius 1 is 1.37 bits per heavy atom. The van der Waals surface area contributed by atoms with Crippen molar-refractivity contribution >= 4 is 23.2 Å². The summed E-state index contributed by atoms with van der Waals surface area (Å²) in [6.45, 7) is 2.58. The molecule has 0 spiro atoms. The molecular formula is C13H14Cl2N2O2. The van der Waals surface area contributed by atoms with Crippen molar-refractivity contribution in [1.29, 1.82) is 0 Å². The summed E-state index contributed by atoms with van der Waals surface area (Å²) >= 11 is 11.8. The zero-order chi connectivity index (χ0) is 14.0. The van der Waals surface area contributed by atoms with Crippen molar-refractivity contribution < 1.29 is 9.84 Å². The molecule has 19 heavy (non-hydrogen) atoms. The minimum atomic E-state index is -0.868. The second-order valence-electron chi connectivity index (χ2n) is 3.99. The molecule has 0 aliphatic heterocycles. The highest BCUT2D eigenvalue weighted by molar-refractivity contribution is 6.42. The first kappa shape index (κ1) is 14.2. The third-order valence-corrected chi connectivity index (χ3v) is 3.62. The molecule has 102 valence electrons. The summed E-state index contributed by atoms with van der Waals surface area (Å²) in [5, 5.41) is 15.5. The number of ether oxygens (including phenoxy) is 1. The third-order valence-electron chi connectivity index (χ3n) is 2.88. The number of aliphatic hydroxyl groups is 1. The Morgan fingerprint density at radius 3 is 2.68 bits per heavy atom. The van der Waals surface area contributed by atoms with E-state index in [0.29, 0.717) is 33.6 Å². The minimum Gasteiger partial charge on any atom is -0.493 e. The maximum atomic E-state index is 10.5. The number of rotatable bonds is 4. The topological polar surface area (TPSA) is 47.3 Å². The lowest BCUT2D eigenvalue weighted by Gasteiger charge is -2.15. The summed E-state index contributed by atoms with van der Waals surface area (Å²) in [7, 11) is 1.54. The van der Waals surface area contributed by atoms with Gasteiger partial charge in [-0.3, -0.25) is 4.68 Å². The van der Waals surface area contributed by atoms with Crippen molar-refractivity contribution in [3.63, 3.8) is 0 Å². The number of hydrogen-bond donors (Lipinski definition) is 1. The van der Waals surface area contributed by atoms with Crippen LogP contribution in [0.5, 0.6) is 5.75 Å². The summed E-state index contributed by atoms with van der Waals surface area (Å²) in [4.78, 5) is 0. The smallest absolute Gasteiger partial charge is 0.163 e. The van der Waals surface area contributed by atoms with E-state index < -0.39 is 6.10 Å². The number of hydrogen-bond acceptors (Lipinski definition) is 3. The summed E-state index contributed by atoms with van der Waals surface area (Å²) in [5.41, 5.74) is 1.24. The van der Waals surface area contributed by atoms with Crippen LogP contribution in [0.4, 0.5) is 0 Å². The summed E-state index contributed by atoms with van der Waals surface area (Å²) in [5.74, 6) is 0.542. The van der Waals surface area contributed by atoms with Gasteiger partial charge in [0.2, 0.25) is 0 Å². The first-order valence-corrected chi connectivity index (χ1v) is 6.56. The number of halogens is 2. The van der Waals surface area contributed by atoms with E-state index in [-0.39, 0.29) is 0 Å². The van der Waals surface area contributed by atoms with E-state index in [9.17, 15) is 5.11 Å².